The van der Waals surface area contributed by atoms with Gasteiger partial charge in [0.05, 0.1) is 12.2 Å². The first-order chi connectivity index (χ1) is 13.0. The number of rotatable bonds is 2. The summed E-state index contributed by atoms with van der Waals surface area (Å²) >= 11 is 0. The second-order valence-corrected chi connectivity index (χ2v) is 7.12. The molecule has 0 spiro atoms. The summed E-state index contributed by atoms with van der Waals surface area (Å²) in [5, 5.41) is 0.300. The second-order valence-electron chi connectivity index (χ2n) is 6.50. The molecule has 3 rings (SSSR count). The fourth-order valence-electron chi connectivity index (χ4n) is 3.18. The Balaban J connectivity index is 2.32. The summed E-state index contributed by atoms with van der Waals surface area (Å²) in [5.74, 6) is -1.80. The minimum Gasteiger partial charge on any atom is -0.423 e. The Hall–Kier alpha value is -2.58. The van der Waals surface area contributed by atoms with Crippen LogP contribution >= 0.6 is 9.24 Å². The van der Waals surface area contributed by atoms with Crippen LogP contribution in [-0.2, 0) is 4.79 Å². The Morgan fingerprint density at radius 3 is 2.39 bits per heavy atom. The van der Waals surface area contributed by atoms with Crippen LogP contribution in [0, 0.1) is 44.7 Å². The van der Waals surface area contributed by atoms with Crippen molar-refractivity contribution in [2.75, 3.05) is 11.4 Å². The first-order valence-corrected chi connectivity index (χ1v) is 8.79. The van der Waals surface area contributed by atoms with Gasteiger partial charge in [0.15, 0.2) is 17.4 Å². The summed E-state index contributed by atoms with van der Waals surface area (Å²) in [4.78, 5) is 12.7. The lowest BCUT2D eigenvalue weighted by Gasteiger charge is -2.33. The number of hydrogen-bond acceptors (Lipinski definition) is 2. The maximum Gasteiger partial charge on any atom is 0.483 e. The molecule has 8 heteroatoms. The predicted molar refractivity (Wildman–Crippen MR) is 102 cm³/mol. The lowest BCUT2D eigenvalue weighted by atomic mass is 9.92. The standard InChI is InChI=1S/C20H16F4NO2P/c1-5-6-25-13-7-12(15(28)8-14(13)27-20(23,24)19(25)26)16-10(3)9(2)11(4)17(21)18(16)22/h1,7-8H,6,28H2,2-4H3. The van der Waals surface area contributed by atoms with Crippen LogP contribution in [0.25, 0.3) is 11.1 Å². The van der Waals surface area contributed by atoms with Crippen molar-refractivity contribution in [2.45, 2.75) is 26.9 Å². The number of carbonyl (C=O) groups is 1. The van der Waals surface area contributed by atoms with E-state index in [0.29, 0.717) is 21.3 Å². The molecule has 0 radical (unpaired) electrons. The minimum absolute atomic E-state index is 0.0150. The van der Waals surface area contributed by atoms with Crippen molar-refractivity contribution in [3.63, 3.8) is 0 Å². The molecule has 1 atom stereocenters. The van der Waals surface area contributed by atoms with E-state index in [9.17, 15) is 22.4 Å². The van der Waals surface area contributed by atoms with Crippen LogP contribution in [0.15, 0.2) is 12.1 Å². The maximum absolute atomic E-state index is 14.8. The van der Waals surface area contributed by atoms with Gasteiger partial charge < -0.3 is 4.74 Å². The van der Waals surface area contributed by atoms with E-state index < -0.39 is 30.2 Å². The fraction of sp³-hybridized carbons (Fsp3) is 0.250. The molecule has 0 fully saturated rings. The van der Waals surface area contributed by atoms with Gasteiger partial charge in [-0.3, -0.25) is 9.69 Å². The van der Waals surface area contributed by atoms with Gasteiger partial charge in [-0.2, -0.15) is 8.78 Å². The molecule has 1 amide bonds. The topological polar surface area (TPSA) is 29.5 Å². The summed E-state index contributed by atoms with van der Waals surface area (Å²) in [6, 6.07) is 2.53. The smallest absolute Gasteiger partial charge is 0.423 e. The zero-order valence-electron chi connectivity index (χ0n) is 15.3. The van der Waals surface area contributed by atoms with Gasteiger partial charge in [0, 0.05) is 5.56 Å². The van der Waals surface area contributed by atoms with Crippen molar-refractivity contribution in [3.05, 3.63) is 40.5 Å². The van der Waals surface area contributed by atoms with Crippen LogP contribution in [0.2, 0.25) is 0 Å². The molecule has 0 bridgehead atoms. The normalized spacial score (nSPS) is 15.1. The van der Waals surface area contributed by atoms with E-state index in [0.717, 1.165) is 0 Å². The molecule has 1 aliphatic heterocycles. The summed E-state index contributed by atoms with van der Waals surface area (Å²) < 4.78 is 61.5. The largest absolute Gasteiger partial charge is 0.483 e. The number of hydrogen-bond donors (Lipinski definition) is 0. The first-order valence-electron chi connectivity index (χ1n) is 8.22. The van der Waals surface area contributed by atoms with E-state index in [4.69, 9.17) is 6.42 Å². The van der Waals surface area contributed by atoms with Gasteiger partial charge in [0.2, 0.25) is 0 Å². The molecule has 2 aromatic carbocycles. The average Bonchev–Trinajstić information content (AvgIpc) is 2.63. The van der Waals surface area contributed by atoms with Gasteiger partial charge in [-0.1, -0.05) is 5.92 Å². The second kappa shape index (κ2) is 6.79. The fourth-order valence-corrected chi connectivity index (χ4v) is 3.56. The average molecular weight is 409 g/mol. The van der Waals surface area contributed by atoms with Crippen LogP contribution in [-0.4, -0.2) is 18.6 Å². The number of halogens is 4. The minimum atomic E-state index is -4.07. The number of nitrogens with zero attached hydrogens (tertiary/aromatic N) is 1. The molecule has 1 unspecified atom stereocenters. The van der Waals surface area contributed by atoms with E-state index in [1.165, 1.54) is 19.1 Å². The lowest BCUT2D eigenvalue weighted by Crippen LogP contribution is -2.51. The zero-order valence-corrected chi connectivity index (χ0v) is 16.4. The van der Waals surface area contributed by atoms with E-state index >= 15 is 0 Å². The van der Waals surface area contributed by atoms with E-state index in [1.54, 1.807) is 13.8 Å². The number of anilines is 1. The third-order valence-electron chi connectivity index (χ3n) is 4.91. The van der Waals surface area contributed by atoms with Crippen molar-refractivity contribution < 1.29 is 27.1 Å². The third-order valence-corrected chi connectivity index (χ3v) is 5.39. The van der Waals surface area contributed by atoms with Crippen molar-refractivity contribution in [1.82, 2.24) is 0 Å². The molecule has 3 nitrogen and oxygen atoms in total. The Bertz CT molecular complexity index is 1030. The monoisotopic (exact) mass is 409 g/mol. The van der Waals surface area contributed by atoms with E-state index in [1.807, 2.05) is 0 Å². The Kier molecular flexibility index (Phi) is 4.89. The van der Waals surface area contributed by atoms with Crippen molar-refractivity contribution in [3.8, 4) is 29.2 Å². The van der Waals surface area contributed by atoms with Gasteiger partial charge in [0.25, 0.3) is 0 Å². The highest BCUT2D eigenvalue weighted by atomic mass is 31.0. The van der Waals surface area contributed by atoms with Crippen LogP contribution < -0.4 is 14.9 Å². The highest BCUT2D eigenvalue weighted by molar-refractivity contribution is 7.28. The lowest BCUT2D eigenvalue weighted by molar-refractivity contribution is -0.192. The van der Waals surface area contributed by atoms with E-state index in [2.05, 4.69) is 19.9 Å². The molecule has 1 aliphatic rings. The first kappa shape index (κ1) is 20.2. The Labute approximate surface area is 161 Å². The number of benzene rings is 2. The quantitative estimate of drug-likeness (QED) is 0.426. The number of amides is 1. The molecular formula is C20H16F4NO2P. The van der Waals surface area contributed by atoms with E-state index in [-0.39, 0.29) is 28.1 Å². The van der Waals surface area contributed by atoms with Gasteiger partial charge in [-0.05, 0) is 60.5 Å². The number of alkyl halides is 2. The van der Waals surface area contributed by atoms with Crippen LogP contribution in [0.4, 0.5) is 23.2 Å². The molecule has 2 aromatic rings. The Morgan fingerprint density at radius 1 is 1.14 bits per heavy atom. The molecular weight excluding hydrogens is 393 g/mol. The van der Waals surface area contributed by atoms with Crippen molar-refractivity contribution in [2.24, 2.45) is 0 Å². The molecule has 146 valence electrons. The molecule has 0 saturated carbocycles. The SMILES string of the molecule is C#CCN1C(=O)C(F)(F)Oc2cc(P)c(-c3c(C)c(C)c(C)c(F)c3F)cc21. The van der Waals surface area contributed by atoms with Crippen LogP contribution in [0.3, 0.4) is 0 Å². The third kappa shape index (κ3) is 2.93. The number of carbonyl (C=O) groups excluding carboxylic acids is 1. The summed E-state index contributed by atoms with van der Waals surface area (Å²) in [7, 11) is 2.29. The van der Waals surface area contributed by atoms with Crippen LogP contribution in [0.5, 0.6) is 5.75 Å². The van der Waals surface area contributed by atoms with Crippen molar-refractivity contribution in [1.29, 1.82) is 0 Å². The molecule has 28 heavy (non-hydrogen) atoms. The highest BCUT2D eigenvalue weighted by Crippen LogP contribution is 2.43. The van der Waals surface area contributed by atoms with Gasteiger partial charge in [0.1, 0.15) is 0 Å². The maximum atomic E-state index is 14.8. The van der Waals surface area contributed by atoms with Gasteiger partial charge in [-0.15, -0.1) is 15.7 Å². The number of ether oxygens (including phenoxy) is 1. The Morgan fingerprint density at radius 2 is 1.79 bits per heavy atom. The predicted octanol–water partition coefficient (Wildman–Crippen LogP) is 4.01. The number of terminal acetylenes is 1. The number of fused-ring (bicyclic) bond motifs is 1. The molecule has 0 saturated heterocycles. The van der Waals surface area contributed by atoms with Crippen molar-refractivity contribution >= 4 is 26.1 Å². The summed E-state index contributed by atoms with van der Waals surface area (Å²) in [6.07, 6.45) is 1.13. The molecule has 0 N–H and O–H groups in total. The van der Waals surface area contributed by atoms with Crippen LogP contribution in [0.1, 0.15) is 16.7 Å². The summed E-state index contributed by atoms with van der Waals surface area (Å²) in [6.45, 7) is 4.35. The molecule has 0 aliphatic carbocycles. The molecule has 1 heterocycles. The molecule has 0 aromatic heterocycles. The summed E-state index contributed by atoms with van der Waals surface area (Å²) in [5.41, 5.74) is 1.43. The zero-order chi connectivity index (χ0) is 21.0. The van der Waals surface area contributed by atoms with Gasteiger partial charge in [-0.25, -0.2) is 8.78 Å². The van der Waals surface area contributed by atoms with Gasteiger partial charge >= 0.3 is 12.0 Å². The highest BCUT2D eigenvalue weighted by Gasteiger charge is 2.50.